The Balaban J connectivity index is 2.48. The molecule has 2 aromatic rings. The molecule has 0 aliphatic carbocycles. The van der Waals surface area contributed by atoms with Gasteiger partial charge in [-0.05, 0) is 58.0 Å². The van der Waals surface area contributed by atoms with Crippen molar-refractivity contribution in [1.82, 2.24) is 5.32 Å². The molecule has 2 rings (SSSR count). The highest BCUT2D eigenvalue weighted by Crippen LogP contribution is 2.38. The SMILES string of the molecule is CNC(c1cc(Br)c(Br)s1)c1cc(C)ccc1F. The fourth-order valence-corrected chi connectivity index (χ4v) is 4.06. The van der Waals surface area contributed by atoms with Crippen molar-refractivity contribution in [3.05, 3.63) is 54.3 Å². The van der Waals surface area contributed by atoms with E-state index in [1.807, 2.05) is 26.1 Å². The highest BCUT2D eigenvalue weighted by atomic mass is 79.9. The Hall–Kier alpha value is -0.230. The standard InChI is InChI=1S/C13H12Br2FNS/c1-7-3-4-10(16)8(5-7)12(17-2)11-6-9(14)13(15)18-11/h3-6,12,17H,1-2H3. The van der Waals surface area contributed by atoms with Gasteiger partial charge in [0, 0.05) is 14.9 Å². The highest BCUT2D eigenvalue weighted by Gasteiger charge is 2.19. The van der Waals surface area contributed by atoms with Gasteiger partial charge in [0.25, 0.3) is 0 Å². The summed E-state index contributed by atoms with van der Waals surface area (Å²) < 4.78 is 16.0. The van der Waals surface area contributed by atoms with Gasteiger partial charge in [-0.1, -0.05) is 17.7 Å². The number of thiophene rings is 1. The lowest BCUT2D eigenvalue weighted by Gasteiger charge is -2.16. The molecule has 1 nitrogen and oxygen atoms in total. The third-order valence-electron chi connectivity index (χ3n) is 2.70. The van der Waals surface area contributed by atoms with E-state index >= 15 is 0 Å². The lowest BCUT2D eigenvalue weighted by atomic mass is 10.0. The summed E-state index contributed by atoms with van der Waals surface area (Å²) in [6.45, 7) is 1.97. The summed E-state index contributed by atoms with van der Waals surface area (Å²) >= 11 is 8.53. The van der Waals surface area contributed by atoms with Gasteiger partial charge in [-0.2, -0.15) is 0 Å². The van der Waals surface area contributed by atoms with E-state index in [-0.39, 0.29) is 11.9 Å². The van der Waals surface area contributed by atoms with Crippen LogP contribution in [0.25, 0.3) is 0 Å². The van der Waals surface area contributed by atoms with Crippen LogP contribution >= 0.6 is 43.2 Å². The monoisotopic (exact) mass is 391 g/mol. The molecular formula is C13H12Br2FNS. The molecule has 1 atom stereocenters. The van der Waals surface area contributed by atoms with Crippen molar-refractivity contribution in [3.63, 3.8) is 0 Å². The number of aryl methyl sites for hydroxylation is 1. The lowest BCUT2D eigenvalue weighted by molar-refractivity contribution is 0.578. The van der Waals surface area contributed by atoms with E-state index in [0.717, 1.165) is 18.7 Å². The first kappa shape index (κ1) is 14.2. The van der Waals surface area contributed by atoms with Gasteiger partial charge in [-0.15, -0.1) is 11.3 Å². The van der Waals surface area contributed by atoms with Crippen LogP contribution in [0.3, 0.4) is 0 Å². The number of rotatable bonds is 3. The van der Waals surface area contributed by atoms with Crippen LogP contribution < -0.4 is 5.32 Å². The summed E-state index contributed by atoms with van der Waals surface area (Å²) in [7, 11) is 1.84. The van der Waals surface area contributed by atoms with Crippen LogP contribution in [0, 0.1) is 12.7 Å². The minimum Gasteiger partial charge on any atom is -0.309 e. The zero-order valence-corrected chi connectivity index (χ0v) is 13.9. The molecule has 0 amide bonds. The van der Waals surface area contributed by atoms with E-state index in [9.17, 15) is 4.39 Å². The van der Waals surface area contributed by atoms with E-state index in [1.165, 1.54) is 6.07 Å². The lowest BCUT2D eigenvalue weighted by Crippen LogP contribution is -2.18. The Kier molecular flexibility index (Phi) is 4.59. The van der Waals surface area contributed by atoms with E-state index in [2.05, 4.69) is 37.2 Å². The number of benzene rings is 1. The van der Waals surface area contributed by atoms with Crippen LogP contribution in [0.1, 0.15) is 22.0 Å². The minimum atomic E-state index is -0.180. The zero-order valence-electron chi connectivity index (χ0n) is 9.93. The summed E-state index contributed by atoms with van der Waals surface area (Å²) in [5, 5.41) is 3.17. The number of nitrogens with one attached hydrogen (secondary N) is 1. The summed E-state index contributed by atoms with van der Waals surface area (Å²) in [4.78, 5) is 1.07. The van der Waals surface area contributed by atoms with Crippen LogP contribution in [-0.4, -0.2) is 7.05 Å². The van der Waals surface area contributed by atoms with Crippen LogP contribution in [0.2, 0.25) is 0 Å². The second kappa shape index (κ2) is 5.82. The third-order valence-corrected chi connectivity index (χ3v) is 6.02. The van der Waals surface area contributed by atoms with Gasteiger partial charge >= 0.3 is 0 Å². The molecule has 0 aliphatic heterocycles. The third kappa shape index (κ3) is 2.85. The van der Waals surface area contributed by atoms with Gasteiger partial charge < -0.3 is 5.32 Å². The second-order valence-electron chi connectivity index (χ2n) is 4.02. The van der Waals surface area contributed by atoms with Gasteiger partial charge in [-0.25, -0.2) is 4.39 Å². The molecule has 0 aliphatic rings. The Morgan fingerprint density at radius 3 is 2.56 bits per heavy atom. The fraction of sp³-hybridized carbons (Fsp3) is 0.231. The molecule has 18 heavy (non-hydrogen) atoms. The molecule has 0 spiro atoms. The van der Waals surface area contributed by atoms with Crippen LogP contribution in [-0.2, 0) is 0 Å². The second-order valence-corrected chi connectivity index (χ2v) is 7.27. The number of halogens is 3. The molecule has 0 bridgehead atoms. The summed E-state index contributed by atoms with van der Waals surface area (Å²) in [6, 6.07) is 7.08. The molecular weight excluding hydrogens is 381 g/mol. The van der Waals surface area contributed by atoms with E-state index in [1.54, 1.807) is 17.4 Å². The van der Waals surface area contributed by atoms with E-state index in [4.69, 9.17) is 0 Å². The molecule has 5 heteroatoms. The average molecular weight is 393 g/mol. The Labute approximate surface area is 127 Å². The molecule has 1 aromatic heterocycles. The van der Waals surface area contributed by atoms with Gasteiger partial charge in [0.2, 0.25) is 0 Å². The molecule has 1 N–H and O–H groups in total. The van der Waals surface area contributed by atoms with Crippen molar-refractivity contribution >= 4 is 43.2 Å². The molecule has 0 fully saturated rings. The number of hydrogen-bond acceptors (Lipinski definition) is 2. The van der Waals surface area contributed by atoms with E-state index in [0.29, 0.717) is 5.56 Å². The molecule has 1 unspecified atom stereocenters. The van der Waals surface area contributed by atoms with E-state index < -0.39 is 0 Å². The molecule has 1 heterocycles. The maximum Gasteiger partial charge on any atom is 0.128 e. The largest absolute Gasteiger partial charge is 0.309 e. The molecule has 1 aromatic carbocycles. The zero-order chi connectivity index (χ0) is 13.3. The predicted molar refractivity (Wildman–Crippen MR) is 81.8 cm³/mol. The maximum absolute atomic E-state index is 13.9. The van der Waals surface area contributed by atoms with Crippen molar-refractivity contribution in [1.29, 1.82) is 0 Å². The number of hydrogen-bond donors (Lipinski definition) is 1. The Morgan fingerprint density at radius 2 is 2.00 bits per heavy atom. The average Bonchev–Trinajstić information content (AvgIpc) is 2.65. The van der Waals surface area contributed by atoms with Crippen molar-refractivity contribution in [3.8, 4) is 0 Å². The molecule has 0 saturated carbocycles. The smallest absolute Gasteiger partial charge is 0.128 e. The van der Waals surface area contributed by atoms with Gasteiger partial charge in [0.1, 0.15) is 5.82 Å². The first-order valence-corrected chi connectivity index (χ1v) is 7.81. The first-order chi connectivity index (χ1) is 8.52. The summed E-state index contributed by atoms with van der Waals surface area (Å²) in [5.74, 6) is -0.180. The first-order valence-electron chi connectivity index (χ1n) is 5.41. The normalized spacial score (nSPS) is 12.7. The minimum absolute atomic E-state index is 0.127. The van der Waals surface area contributed by atoms with Crippen molar-refractivity contribution in [2.24, 2.45) is 0 Å². The molecule has 0 saturated heterocycles. The molecule has 96 valence electrons. The van der Waals surface area contributed by atoms with Gasteiger partial charge in [-0.3, -0.25) is 0 Å². The summed E-state index contributed by atoms with van der Waals surface area (Å²) in [5.41, 5.74) is 1.74. The molecule has 0 radical (unpaired) electrons. The maximum atomic E-state index is 13.9. The highest BCUT2D eigenvalue weighted by molar-refractivity contribution is 9.13. The van der Waals surface area contributed by atoms with Gasteiger partial charge in [0.15, 0.2) is 0 Å². The van der Waals surface area contributed by atoms with Crippen LogP contribution in [0.15, 0.2) is 32.5 Å². The summed E-state index contributed by atoms with van der Waals surface area (Å²) in [6.07, 6.45) is 0. The van der Waals surface area contributed by atoms with Crippen LogP contribution in [0.4, 0.5) is 4.39 Å². The Bertz CT molecular complexity index is 549. The van der Waals surface area contributed by atoms with Crippen LogP contribution in [0.5, 0.6) is 0 Å². The Morgan fingerprint density at radius 1 is 1.28 bits per heavy atom. The fourth-order valence-electron chi connectivity index (χ4n) is 1.84. The van der Waals surface area contributed by atoms with Crippen molar-refractivity contribution in [2.75, 3.05) is 7.05 Å². The predicted octanol–water partition coefficient (Wildman–Crippen LogP) is 5.03. The van der Waals surface area contributed by atoms with Crippen molar-refractivity contribution in [2.45, 2.75) is 13.0 Å². The van der Waals surface area contributed by atoms with Crippen molar-refractivity contribution < 1.29 is 4.39 Å². The topological polar surface area (TPSA) is 12.0 Å². The van der Waals surface area contributed by atoms with Gasteiger partial charge in [0.05, 0.1) is 9.83 Å². The quantitative estimate of drug-likeness (QED) is 0.772.